The van der Waals surface area contributed by atoms with Crippen molar-refractivity contribution in [2.24, 2.45) is 11.8 Å². The van der Waals surface area contributed by atoms with Gasteiger partial charge in [0.2, 0.25) is 6.29 Å². The minimum Gasteiger partial charge on any atom is -0.504 e. The van der Waals surface area contributed by atoms with Gasteiger partial charge < -0.3 is 49.2 Å². The number of esters is 1. The summed E-state index contributed by atoms with van der Waals surface area (Å²) in [7, 11) is 2.91. The molecule has 0 aliphatic carbocycles. The van der Waals surface area contributed by atoms with Crippen molar-refractivity contribution in [1.82, 2.24) is 0 Å². The summed E-state index contributed by atoms with van der Waals surface area (Å²) >= 11 is 0. The van der Waals surface area contributed by atoms with Crippen molar-refractivity contribution in [3.63, 3.8) is 0 Å². The highest BCUT2D eigenvalue weighted by Crippen LogP contribution is 2.36. The Morgan fingerprint density at radius 3 is 2.27 bits per heavy atom. The monoisotopic (exact) mass is 520 g/mol. The number of aliphatic hydroxyl groups is 4. The van der Waals surface area contributed by atoms with Gasteiger partial charge in [0.05, 0.1) is 33.4 Å². The van der Waals surface area contributed by atoms with Gasteiger partial charge in [0.15, 0.2) is 23.0 Å². The summed E-state index contributed by atoms with van der Waals surface area (Å²) in [6.07, 6.45) is -6.11. The molecule has 2 heterocycles. The molecular weight excluding hydrogens is 488 g/mol. The molecule has 5 N–H and O–H groups in total. The van der Waals surface area contributed by atoms with Crippen LogP contribution >= 0.6 is 0 Å². The van der Waals surface area contributed by atoms with Crippen LogP contribution in [0.2, 0.25) is 0 Å². The molecular formula is C26H32O11. The first-order valence-electron chi connectivity index (χ1n) is 11.9. The Morgan fingerprint density at radius 1 is 0.892 bits per heavy atom. The van der Waals surface area contributed by atoms with E-state index in [1.807, 2.05) is 0 Å². The van der Waals surface area contributed by atoms with Crippen molar-refractivity contribution in [2.45, 2.75) is 43.5 Å². The van der Waals surface area contributed by atoms with Crippen molar-refractivity contribution in [1.29, 1.82) is 0 Å². The number of phenols is 1. The van der Waals surface area contributed by atoms with Gasteiger partial charge in [-0.25, -0.2) is 0 Å². The number of cyclic esters (lactones) is 1. The Kier molecular flexibility index (Phi) is 8.40. The molecule has 5 unspecified atom stereocenters. The number of aliphatic hydroxyl groups excluding tert-OH is 4. The van der Waals surface area contributed by atoms with Crippen molar-refractivity contribution in [3.8, 4) is 23.0 Å². The molecule has 2 aromatic rings. The first-order chi connectivity index (χ1) is 17.7. The number of hydrogen-bond donors (Lipinski definition) is 5. The average Bonchev–Trinajstić information content (AvgIpc) is 3.24. The molecule has 11 heteroatoms. The van der Waals surface area contributed by atoms with Crippen LogP contribution in [0, 0.1) is 11.8 Å². The zero-order valence-electron chi connectivity index (χ0n) is 20.5. The molecule has 0 radical (unpaired) electrons. The molecule has 4 rings (SSSR count). The summed E-state index contributed by atoms with van der Waals surface area (Å²) in [4.78, 5) is 12.5. The normalized spacial score (nSPS) is 29.6. The fourth-order valence-corrected chi connectivity index (χ4v) is 4.69. The molecule has 2 aromatic carbocycles. The molecule has 2 aliphatic rings. The first kappa shape index (κ1) is 27.0. The van der Waals surface area contributed by atoms with E-state index in [2.05, 4.69) is 0 Å². The summed E-state index contributed by atoms with van der Waals surface area (Å²) in [6.45, 7) is -0.300. The Bertz CT molecular complexity index is 1090. The molecule has 7 atom stereocenters. The Hall–Kier alpha value is -3.09. The Morgan fingerprint density at radius 2 is 1.57 bits per heavy atom. The molecule has 0 spiro atoms. The second-order valence-corrected chi connectivity index (χ2v) is 9.21. The lowest BCUT2D eigenvalue weighted by Gasteiger charge is -2.39. The number of aromatic hydroxyl groups is 1. The van der Waals surface area contributed by atoms with Crippen LogP contribution < -0.4 is 14.2 Å². The van der Waals surface area contributed by atoms with Crippen LogP contribution in [0.1, 0.15) is 11.1 Å². The minimum absolute atomic E-state index is 0.0231. The van der Waals surface area contributed by atoms with Gasteiger partial charge in [0, 0.05) is 5.92 Å². The predicted molar refractivity (Wildman–Crippen MR) is 127 cm³/mol. The topological polar surface area (TPSA) is 164 Å². The fourth-order valence-electron chi connectivity index (χ4n) is 4.69. The molecule has 202 valence electrons. The van der Waals surface area contributed by atoms with Crippen LogP contribution in [0.5, 0.6) is 23.0 Å². The molecule has 2 fully saturated rings. The molecule has 37 heavy (non-hydrogen) atoms. The van der Waals surface area contributed by atoms with E-state index in [0.717, 1.165) is 11.1 Å². The van der Waals surface area contributed by atoms with Gasteiger partial charge >= 0.3 is 5.97 Å². The standard InChI is InChI=1S/C26H32O11/c1-33-19-9-14(3-5-17(19)28)8-16-15(12-35-25(16)32)7-13-4-6-18(20(10-13)34-2)36-26-24(31)23(30)22(29)21(11-27)37-26/h3-6,9-10,15-16,21-24,26-31H,7-8,11-12H2,1-2H3/t15-,16+,21?,22?,23?,24?,26?/m0/s1. The second kappa shape index (κ2) is 11.5. The number of carbonyl (C=O) groups excluding carboxylic acids is 1. The lowest BCUT2D eigenvalue weighted by molar-refractivity contribution is -0.277. The van der Waals surface area contributed by atoms with Crippen LogP contribution in [0.25, 0.3) is 0 Å². The van der Waals surface area contributed by atoms with Crippen molar-refractivity contribution < 1.29 is 54.0 Å². The highest BCUT2D eigenvalue weighted by atomic mass is 16.7. The molecule has 2 aliphatic heterocycles. The highest BCUT2D eigenvalue weighted by Gasteiger charge is 2.45. The van der Waals surface area contributed by atoms with E-state index in [0.29, 0.717) is 24.3 Å². The minimum atomic E-state index is -1.56. The van der Waals surface area contributed by atoms with Crippen molar-refractivity contribution in [3.05, 3.63) is 47.5 Å². The molecule has 0 amide bonds. The van der Waals surface area contributed by atoms with E-state index < -0.39 is 37.3 Å². The van der Waals surface area contributed by atoms with Crippen LogP contribution in [-0.4, -0.2) is 89.6 Å². The van der Waals surface area contributed by atoms with Gasteiger partial charge in [-0.15, -0.1) is 0 Å². The number of ether oxygens (including phenoxy) is 5. The third-order valence-electron chi connectivity index (χ3n) is 6.83. The zero-order valence-corrected chi connectivity index (χ0v) is 20.5. The third-order valence-corrected chi connectivity index (χ3v) is 6.83. The van der Waals surface area contributed by atoms with Gasteiger partial charge in [-0.2, -0.15) is 0 Å². The lowest BCUT2D eigenvalue weighted by atomic mass is 9.85. The van der Waals surface area contributed by atoms with Gasteiger partial charge in [0.1, 0.15) is 24.4 Å². The molecule has 0 saturated carbocycles. The smallest absolute Gasteiger partial charge is 0.309 e. The summed E-state index contributed by atoms with van der Waals surface area (Å²) in [5.41, 5.74) is 1.69. The summed E-state index contributed by atoms with van der Waals surface area (Å²) in [5, 5.41) is 49.5. The first-order valence-corrected chi connectivity index (χ1v) is 11.9. The average molecular weight is 521 g/mol. The second-order valence-electron chi connectivity index (χ2n) is 9.21. The van der Waals surface area contributed by atoms with E-state index in [4.69, 9.17) is 23.7 Å². The Labute approximate surface area is 213 Å². The van der Waals surface area contributed by atoms with Crippen molar-refractivity contribution in [2.75, 3.05) is 27.4 Å². The SMILES string of the molecule is COc1cc(C[C@H]2C(=O)OC[C@@H]2Cc2ccc(OC3OC(CO)C(O)C(O)C3O)c(OC)c2)ccc1O. The molecule has 0 aromatic heterocycles. The molecule has 11 nitrogen and oxygen atoms in total. The maximum Gasteiger partial charge on any atom is 0.309 e. The quantitative estimate of drug-likeness (QED) is 0.286. The van der Waals surface area contributed by atoms with Crippen molar-refractivity contribution >= 4 is 5.97 Å². The lowest BCUT2D eigenvalue weighted by Crippen LogP contribution is -2.60. The summed E-state index contributed by atoms with van der Waals surface area (Å²) < 4.78 is 27.1. The Balaban J connectivity index is 1.47. The van der Waals surface area contributed by atoms with Crippen LogP contribution in [-0.2, 0) is 27.1 Å². The summed E-state index contributed by atoms with van der Waals surface area (Å²) in [5.74, 6) is 0.141. The number of methoxy groups -OCH3 is 2. The van der Waals surface area contributed by atoms with E-state index in [1.54, 1.807) is 30.3 Å². The van der Waals surface area contributed by atoms with E-state index in [9.17, 15) is 30.3 Å². The van der Waals surface area contributed by atoms with E-state index in [-0.39, 0.29) is 35.9 Å². The highest BCUT2D eigenvalue weighted by molar-refractivity contribution is 5.75. The van der Waals surface area contributed by atoms with Crippen LogP contribution in [0.4, 0.5) is 0 Å². The zero-order chi connectivity index (χ0) is 26.7. The molecule has 2 saturated heterocycles. The third kappa shape index (κ3) is 5.76. The largest absolute Gasteiger partial charge is 0.504 e. The van der Waals surface area contributed by atoms with Gasteiger partial charge in [-0.1, -0.05) is 12.1 Å². The number of hydrogen-bond acceptors (Lipinski definition) is 11. The van der Waals surface area contributed by atoms with Crippen LogP contribution in [0.15, 0.2) is 36.4 Å². The maximum absolute atomic E-state index is 12.5. The van der Waals surface area contributed by atoms with Gasteiger partial charge in [0.25, 0.3) is 0 Å². The van der Waals surface area contributed by atoms with E-state index >= 15 is 0 Å². The van der Waals surface area contributed by atoms with Crippen LogP contribution in [0.3, 0.4) is 0 Å². The molecule has 0 bridgehead atoms. The fraction of sp³-hybridized carbons (Fsp3) is 0.500. The maximum atomic E-state index is 12.5. The summed E-state index contributed by atoms with van der Waals surface area (Å²) in [6, 6.07) is 10.1. The number of rotatable bonds is 9. The predicted octanol–water partition coefficient (Wildman–Crippen LogP) is 0.163. The van der Waals surface area contributed by atoms with E-state index in [1.165, 1.54) is 20.3 Å². The van der Waals surface area contributed by atoms with Gasteiger partial charge in [-0.05, 0) is 48.2 Å². The van der Waals surface area contributed by atoms with Gasteiger partial charge in [-0.3, -0.25) is 4.79 Å². The number of phenolic OH excluding ortho intramolecular Hbond substituents is 1. The number of carbonyl (C=O) groups is 1. The number of benzene rings is 2.